The highest BCUT2D eigenvalue weighted by Crippen LogP contribution is 2.26. The second-order valence-corrected chi connectivity index (χ2v) is 8.03. The lowest BCUT2D eigenvalue weighted by molar-refractivity contribution is 0.0953. The Bertz CT molecular complexity index is 1170. The van der Waals surface area contributed by atoms with Gasteiger partial charge < -0.3 is 20.1 Å². The normalized spacial score (nSPS) is 10.7. The lowest BCUT2D eigenvalue weighted by Crippen LogP contribution is -2.25. The first-order valence-electron chi connectivity index (χ1n) is 10.5. The molecule has 164 valence electrons. The Kier molecular flexibility index (Phi) is 7.19. The minimum Gasteiger partial charge on any atom is -0.497 e. The van der Waals surface area contributed by atoms with Gasteiger partial charge in [0.05, 0.1) is 11.8 Å². The van der Waals surface area contributed by atoms with E-state index in [9.17, 15) is 4.79 Å². The van der Waals surface area contributed by atoms with Crippen LogP contribution in [0.15, 0.2) is 72.8 Å². The van der Waals surface area contributed by atoms with Gasteiger partial charge in [-0.25, -0.2) is 0 Å². The summed E-state index contributed by atoms with van der Waals surface area (Å²) >= 11 is 1.49. The maximum absolute atomic E-state index is 12.4. The molecule has 1 aromatic heterocycles. The molecule has 6 nitrogen and oxygen atoms in total. The summed E-state index contributed by atoms with van der Waals surface area (Å²) in [5, 5.41) is 7.44. The molecule has 0 spiro atoms. The van der Waals surface area contributed by atoms with Gasteiger partial charge >= 0.3 is 0 Å². The molecule has 0 fully saturated rings. The first-order valence-corrected chi connectivity index (χ1v) is 11.2. The number of nitrogens with zero attached hydrogens (tertiary/aromatic N) is 1. The van der Waals surface area contributed by atoms with Gasteiger partial charge in [0, 0.05) is 24.0 Å². The van der Waals surface area contributed by atoms with Gasteiger partial charge in [0.25, 0.3) is 5.91 Å². The van der Waals surface area contributed by atoms with Gasteiger partial charge in [-0.1, -0.05) is 24.3 Å². The fourth-order valence-corrected chi connectivity index (χ4v) is 4.00. The zero-order valence-electron chi connectivity index (χ0n) is 17.8. The van der Waals surface area contributed by atoms with E-state index < -0.39 is 0 Å². The van der Waals surface area contributed by atoms with Gasteiger partial charge in [0.15, 0.2) is 0 Å². The predicted octanol–water partition coefficient (Wildman–Crippen LogP) is 5.12. The van der Waals surface area contributed by atoms with Crippen molar-refractivity contribution in [1.82, 2.24) is 9.69 Å². The second-order valence-electron chi connectivity index (χ2n) is 7.23. The van der Waals surface area contributed by atoms with Crippen LogP contribution in [0.1, 0.15) is 22.3 Å². The van der Waals surface area contributed by atoms with E-state index in [0.29, 0.717) is 24.5 Å². The molecule has 0 atom stereocenters. The number of rotatable bonds is 10. The van der Waals surface area contributed by atoms with Crippen LogP contribution in [0.25, 0.3) is 10.1 Å². The number of hydrogen-bond donors (Lipinski definition) is 2. The molecule has 0 unspecified atom stereocenters. The maximum atomic E-state index is 12.4. The van der Waals surface area contributed by atoms with E-state index in [1.165, 1.54) is 16.2 Å². The van der Waals surface area contributed by atoms with Gasteiger partial charge in [-0.2, -0.15) is 4.37 Å². The van der Waals surface area contributed by atoms with E-state index in [-0.39, 0.29) is 5.91 Å². The monoisotopic (exact) mass is 447 g/mol. The molecule has 0 saturated carbocycles. The fourth-order valence-electron chi connectivity index (χ4n) is 3.24. The first kappa shape index (κ1) is 21.6. The number of amides is 1. The minimum atomic E-state index is -0.0940. The van der Waals surface area contributed by atoms with E-state index >= 15 is 0 Å². The van der Waals surface area contributed by atoms with Crippen LogP contribution in [0.2, 0.25) is 0 Å². The molecule has 1 amide bonds. The van der Waals surface area contributed by atoms with E-state index in [0.717, 1.165) is 35.5 Å². The highest BCUT2D eigenvalue weighted by Gasteiger charge is 2.07. The average Bonchev–Trinajstić information content (AvgIpc) is 3.26. The summed E-state index contributed by atoms with van der Waals surface area (Å²) in [5.74, 6) is 2.32. The number of ether oxygens (including phenoxy) is 2. The van der Waals surface area contributed by atoms with Crippen LogP contribution >= 0.6 is 11.5 Å². The molecule has 32 heavy (non-hydrogen) atoms. The third-order valence-corrected chi connectivity index (χ3v) is 5.79. The quantitative estimate of drug-likeness (QED) is 0.330. The van der Waals surface area contributed by atoms with Crippen molar-refractivity contribution in [1.29, 1.82) is 0 Å². The number of carbonyl (C=O) groups is 1. The predicted molar refractivity (Wildman–Crippen MR) is 129 cm³/mol. The van der Waals surface area contributed by atoms with Crippen molar-refractivity contribution in [3.05, 3.63) is 83.9 Å². The number of fused-ring (bicyclic) bond motifs is 1. The summed E-state index contributed by atoms with van der Waals surface area (Å²) in [6.07, 6.45) is 0.805. The van der Waals surface area contributed by atoms with Crippen LogP contribution in [0.4, 0.5) is 5.82 Å². The van der Waals surface area contributed by atoms with Gasteiger partial charge in [-0.3, -0.25) is 4.79 Å². The molecular formula is C25H25N3O3S. The number of aromatic nitrogens is 1. The number of benzene rings is 3. The number of methoxy groups -OCH3 is 1. The number of anilines is 1. The van der Waals surface area contributed by atoms with Crippen molar-refractivity contribution >= 4 is 33.3 Å². The van der Waals surface area contributed by atoms with Crippen molar-refractivity contribution in [2.75, 3.05) is 25.5 Å². The second kappa shape index (κ2) is 10.6. The van der Waals surface area contributed by atoms with Crippen LogP contribution in [0.3, 0.4) is 0 Å². The molecule has 0 aliphatic carbocycles. The van der Waals surface area contributed by atoms with Gasteiger partial charge in [0.1, 0.15) is 23.9 Å². The lowest BCUT2D eigenvalue weighted by Gasteiger charge is -2.09. The highest BCUT2D eigenvalue weighted by molar-refractivity contribution is 7.13. The van der Waals surface area contributed by atoms with Gasteiger partial charge in [-0.15, -0.1) is 0 Å². The summed E-state index contributed by atoms with van der Waals surface area (Å²) in [5.41, 5.74) is 1.63. The molecule has 0 bridgehead atoms. The Morgan fingerprint density at radius 1 is 0.969 bits per heavy atom. The smallest absolute Gasteiger partial charge is 0.251 e. The van der Waals surface area contributed by atoms with Crippen LogP contribution in [-0.2, 0) is 6.61 Å². The Labute approximate surface area is 191 Å². The summed E-state index contributed by atoms with van der Waals surface area (Å²) in [7, 11) is 1.64. The molecule has 2 N–H and O–H groups in total. The van der Waals surface area contributed by atoms with E-state index in [4.69, 9.17) is 9.47 Å². The van der Waals surface area contributed by atoms with Crippen molar-refractivity contribution in [2.24, 2.45) is 0 Å². The molecule has 0 radical (unpaired) electrons. The van der Waals surface area contributed by atoms with Gasteiger partial charge in [0.2, 0.25) is 0 Å². The molecular weight excluding hydrogens is 422 g/mol. The Balaban J connectivity index is 1.19. The van der Waals surface area contributed by atoms with E-state index in [1.807, 2.05) is 48.5 Å². The molecule has 1 heterocycles. The van der Waals surface area contributed by atoms with Crippen molar-refractivity contribution in [2.45, 2.75) is 13.0 Å². The zero-order chi connectivity index (χ0) is 22.2. The third kappa shape index (κ3) is 5.56. The number of carbonyl (C=O) groups excluding carboxylic acids is 1. The highest BCUT2D eigenvalue weighted by atomic mass is 32.1. The van der Waals surface area contributed by atoms with E-state index in [2.05, 4.69) is 27.1 Å². The Morgan fingerprint density at radius 2 is 1.81 bits per heavy atom. The molecule has 0 saturated heterocycles. The van der Waals surface area contributed by atoms with Gasteiger partial charge in [-0.05, 0) is 72.0 Å². The SMILES string of the molecule is COc1cccc(COc2ccc(C(=O)NCCCNc3nsc4ccccc34)cc2)c1. The molecule has 0 aliphatic heterocycles. The average molecular weight is 448 g/mol. The fraction of sp³-hybridized carbons (Fsp3) is 0.200. The topological polar surface area (TPSA) is 72.5 Å². The molecule has 7 heteroatoms. The molecule has 0 aliphatic rings. The number of hydrogen-bond acceptors (Lipinski definition) is 6. The van der Waals surface area contributed by atoms with Crippen molar-refractivity contribution < 1.29 is 14.3 Å². The van der Waals surface area contributed by atoms with Crippen LogP contribution in [0.5, 0.6) is 11.5 Å². The summed E-state index contributed by atoms with van der Waals surface area (Å²) in [6.45, 7) is 1.76. The maximum Gasteiger partial charge on any atom is 0.251 e. The Hall–Kier alpha value is -3.58. The zero-order valence-corrected chi connectivity index (χ0v) is 18.7. The molecule has 3 aromatic carbocycles. The van der Waals surface area contributed by atoms with Crippen LogP contribution < -0.4 is 20.1 Å². The Morgan fingerprint density at radius 3 is 2.66 bits per heavy atom. The van der Waals surface area contributed by atoms with Crippen LogP contribution in [0, 0.1) is 0 Å². The van der Waals surface area contributed by atoms with E-state index in [1.54, 1.807) is 19.2 Å². The first-order chi connectivity index (χ1) is 15.7. The summed E-state index contributed by atoms with van der Waals surface area (Å²) in [6, 6.07) is 23.1. The third-order valence-electron chi connectivity index (χ3n) is 4.97. The van der Waals surface area contributed by atoms with Crippen molar-refractivity contribution in [3.8, 4) is 11.5 Å². The molecule has 4 rings (SSSR count). The molecule has 4 aromatic rings. The van der Waals surface area contributed by atoms with Crippen LogP contribution in [-0.4, -0.2) is 30.5 Å². The lowest BCUT2D eigenvalue weighted by atomic mass is 10.2. The minimum absolute atomic E-state index is 0.0940. The standard InChI is InChI=1S/C25H25N3O3S/c1-30-21-7-4-6-18(16-21)17-31-20-12-10-19(11-13-20)25(29)27-15-5-14-26-24-22-8-2-3-9-23(22)32-28-24/h2-4,6-13,16H,5,14-15,17H2,1H3,(H,26,28)(H,27,29). The largest absolute Gasteiger partial charge is 0.497 e. The number of nitrogens with one attached hydrogen (secondary N) is 2. The summed E-state index contributed by atoms with van der Waals surface area (Å²) < 4.78 is 16.6. The summed E-state index contributed by atoms with van der Waals surface area (Å²) in [4.78, 5) is 12.4. The van der Waals surface area contributed by atoms with Crippen molar-refractivity contribution in [3.63, 3.8) is 0 Å².